The van der Waals surface area contributed by atoms with Gasteiger partial charge in [0.25, 0.3) is 7.49 Å². The van der Waals surface area contributed by atoms with Crippen molar-refractivity contribution in [2.45, 2.75) is 27.2 Å². The molecule has 3 rings (SSSR count). The molecule has 0 heterocycles. The molecule has 0 aliphatic carbocycles. The van der Waals surface area contributed by atoms with Crippen molar-refractivity contribution >= 4 is 29.4 Å². The van der Waals surface area contributed by atoms with Crippen LogP contribution in [0.3, 0.4) is 0 Å². The van der Waals surface area contributed by atoms with Gasteiger partial charge in [-0.05, 0) is 41.8 Å². The van der Waals surface area contributed by atoms with Crippen molar-refractivity contribution in [2.24, 2.45) is 5.41 Å². The Labute approximate surface area is 162 Å². The van der Waals surface area contributed by atoms with Gasteiger partial charge in [0.15, 0.2) is 0 Å². The molecular formula is C24H26O2P+. The number of rotatable bonds is 5. The van der Waals surface area contributed by atoms with Gasteiger partial charge in [-0.1, -0.05) is 75.4 Å². The molecule has 0 atom stereocenters. The Morgan fingerprint density at radius 3 is 1.33 bits per heavy atom. The average Bonchev–Trinajstić information content (AvgIpc) is 2.67. The van der Waals surface area contributed by atoms with Gasteiger partial charge in [0.1, 0.15) is 15.9 Å². The van der Waals surface area contributed by atoms with E-state index in [-0.39, 0.29) is 11.4 Å². The highest BCUT2D eigenvalue weighted by Crippen LogP contribution is 2.57. The highest BCUT2D eigenvalue weighted by Gasteiger charge is 2.51. The van der Waals surface area contributed by atoms with Gasteiger partial charge in [-0.2, -0.15) is 0 Å². The van der Waals surface area contributed by atoms with Gasteiger partial charge in [-0.15, -0.1) is 0 Å². The molecule has 2 nitrogen and oxygen atoms in total. The van der Waals surface area contributed by atoms with Crippen LogP contribution >= 0.6 is 7.49 Å². The Morgan fingerprint density at radius 2 is 1.04 bits per heavy atom. The summed E-state index contributed by atoms with van der Waals surface area (Å²) in [6, 6.07) is 30.4. The van der Waals surface area contributed by atoms with E-state index in [4.69, 9.17) is 4.52 Å². The standard InChI is InChI=1S/C24H26O2P/c1-24(2,3)19-23(25)26-27(20-13-7-4-8-14-20,21-15-9-5-10-16-21)22-17-11-6-12-18-22/h4-18H,19H2,1-3H3/q+1. The number of carbonyl (C=O) groups is 1. The van der Waals surface area contributed by atoms with Gasteiger partial charge in [-0.25, -0.2) is 4.79 Å². The first-order valence-electron chi connectivity index (χ1n) is 9.20. The van der Waals surface area contributed by atoms with Crippen LogP contribution in [0.4, 0.5) is 0 Å². The first-order chi connectivity index (χ1) is 12.9. The average molecular weight is 377 g/mol. The molecule has 0 unspecified atom stereocenters. The summed E-state index contributed by atoms with van der Waals surface area (Å²) >= 11 is 0. The highest BCUT2D eigenvalue weighted by atomic mass is 31.2. The molecule has 0 aromatic heterocycles. The third kappa shape index (κ3) is 4.46. The van der Waals surface area contributed by atoms with Crippen molar-refractivity contribution in [3.8, 4) is 0 Å². The maximum atomic E-state index is 13.0. The van der Waals surface area contributed by atoms with E-state index in [0.29, 0.717) is 6.42 Å². The van der Waals surface area contributed by atoms with Crippen molar-refractivity contribution in [3.63, 3.8) is 0 Å². The molecular weight excluding hydrogens is 351 g/mol. The second kappa shape index (κ2) is 8.06. The Hall–Kier alpha value is -2.44. The zero-order valence-corrected chi connectivity index (χ0v) is 17.0. The maximum Gasteiger partial charge on any atom is 0.352 e. The van der Waals surface area contributed by atoms with Gasteiger partial charge < -0.3 is 0 Å². The largest absolute Gasteiger partial charge is 0.352 e. The molecule has 0 saturated heterocycles. The SMILES string of the molecule is CC(C)(C)CC(=O)O[P+](c1ccccc1)(c1ccccc1)c1ccccc1. The van der Waals surface area contributed by atoms with Gasteiger partial charge in [0, 0.05) is 0 Å². The minimum atomic E-state index is -2.54. The fourth-order valence-electron chi connectivity index (χ4n) is 3.14. The lowest BCUT2D eigenvalue weighted by Crippen LogP contribution is -2.35. The van der Waals surface area contributed by atoms with Gasteiger partial charge in [0.05, 0.1) is 6.42 Å². The lowest BCUT2D eigenvalue weighted by molar-refractivity contribution is -0.135. The molecule has 27 heavy (non-hydrogen) atoms. The highest BCUT2D eigenvalue weighted by molar-refractivity contribution is 7.92. The van der Waals surface area contributed by atoms with E-state index < -0.39 is 7.49 Å². The number of hydrogen-bond acceptors (Lipinski definition) is 2. The van der Waals surface area contributed by atoms with Crippen molar-refractivity contribution in [3.05, 3.63) is 91.0 Å². The second-order valence-corrected chi connectivity index (χ2v) is 10.8. The molecule has 3 heteroatoms. The van der Waals surface area contributed by atoms with Crippen molar-refractivity contribution in [1.29, 1.82) is 0 Å². The Kier molecular flexibility index (Phi) is 5.77. The normalized spacial score (nSPS) is 11.8. The molecule has 0 fully saturated rings. The fraction of sp³-hybridized carbons (Fsp3) is 0.208. The fourth-order valence-corrected chi connectivity index (χ4v) is 6.49. The van der Waals surface area contributed by atoms with E-state index in [2.05, 4.69) is 57.2 Å². The van der Waals surface area contributed by atoms with Crippen LogP contribution in [0.5, 0.6) is 0 Å². The van der Waals surface area contributed by atoms with Crippen LogP contribution in [0.25, 0.3) is 0 Å². The van der Waals surface area contributed by atoms with Crippen molar-refractivity contribution in [2.75, 3.05) is 0 Å². The van der Waals surface area contributed by atoms with Crippen LogP contribution < -0.4 is 15.9 Å². The minimum absolute atomic E-state index is 0.128. The third-order valence-corrected chi connectivity index (χ3v) is 7.83. The van der Waals surface area contributed by atoms with Crippen LogP contribution in [0.2, 0.25) is 0 Å². The van der Waals surface area contributed by atoms with E-state index in [9.17, 15) is 4.79 Å². The predicted octanol–water partition coefficient (Wildman–Crippen LogP) is 4.87. The number of hydrogen-bond donors (Lipinski definition) is 0. The minimum Gasteiger partial charge on any atom is -0.297 e. The van der Waals surface area contributed by atoms with E-state index in [0.717, 1.165) is 15.9 Å². The summed E-state index contributed by atoms with van der Waals surface area (Å²) in [6.07, 6.45) is 0.376. The Morgan fingerprint density at radius 1 is 0.704 bits per heavy atom. The van der Waals surface area contributed by atoms with Crippen LogP contribution in [0.15, 0.2) is 91.0 Å². The van der Waals surface area contributed by atoms with E-state index in [1.165, 1.54) is 0 Å². The van der Waals surface area contributed by atoms with Crippen LogP contribution in [-0.2, 0) is 9.32 Å². The molecule has 0 amide bonds. The molecule has 138 valence electrons. The second-order valence-electron chi connectivity index (χ2n) is 7.82. The van der Waals surface area contributed by atoms with E-state index >= 15 is 0 Å². The topological polar surface area (TPSA) is 26.3 Å². The summed E-state index contributed by atoms with van der Waals surface area (Å²) in [5.41, 5.74) is -0.128. The third-order valence-electron chi connectivity index (χ3n) is 4.27. The zero-order valence-electron chi connectivity index (χ0n) is 16.1. The maximum absolute atomic E-state index is 13.0. The Balaban J connectivity index is 2.21. The number of benzene rings is 3. The van der Waals surface area contributed by atoms with Gasteiger partial charge in [-0.3, -0.25) is 4.52 Å². The Bertz CT molecular complexity index is 772. The van der Waals surface area contributed by atoms with E-state index in [1.807, 2.05) is 54.6 Å². The first kappa shape index (κ1) is 19.3. The summed E-state index contributed by atoms with van der Waals surface area (Å²) < 4.78 is 6.44. The smallest absolute Gasteiger partial charge is 0.297 e. The first-order valence-corrected chi connectivity index (χ1v) is 10.9. The van der Waals surface area contributed by atoms with E-state index in [1.54, 1.807) is 0 Å². The summed E-state index contributed by atoms with van der Waals surface area (Å²) in [4.78, 5) is 13.0. The molecule has 0 saturated carbocycles. The zero-order chi connectivity index (χ0) is 19.3. The molecule has 0 N–H and O–H groups in total. The number of carbonyl (C=O) groups excluding carboxylic acids is 1. The molecule has 0 radical (unpaired) electrons. The summed E-state index contributed by atoms with van der Waals surface area (Å²) in [5.74, 6) is -0.160. The lowest BCUT2D eigenvalue weighted by atomic mass is 9.93. The van der Waals surface area contributed by atoms with Crippen LogP contribution in [0.1, 0.15) is 27.2 Å². The van der Waals surface area contributed by atoms with Gasteiger partial charge >= 0.3 is 5.97 Å². The quantitative estimate of drug-likeness (QED) is 0.593. The summed E-state index contributed by atoms with van der Waals surface area (Å²) in [6.45, 7) is 6.17. The van der Waals surface area contributed by atoms with Gasteiger partial charge in [0.2, 0.25) is 0 Å². The monoisotopic (exact) mass is 377 g/mol. The van der Waals surface area contributed by atoms with Crippen molar-refractivity contribution < 1.29 is 9.32 Å². The van der Waals surface area contributed by atoms with Crippen molar-refractivity contribution in [1.82, 2.24) is 0 Å². The molecule has 3 aromatic rings. The molecule has 0 bridgehead atoms. The predicted molar refractivity (Wildman–Crippen MR) is 115 cm³/mol. The van der Waals surface area contributed by atoms with Crippen LogP contribution in [0, 0.1) is 5.41 Å². The molecule has 0 aliphatic heterocycles. The molecule has 0 aliphatic rings. The van der Waals surface area contributed by atoms with Crippen LogP contribution in [-0.4, -0.2) is 5.97 Å². The molecule has 0 spiro atoms. The molecule has 3 aromatic carbocycles. The lowest BCUT2D eigenvalue weighted by Gasteiger charge is -2.26. The summed E-state index contributed by atoms with van der Waals surface area (Å²) in [7, 11) is -2.54. The summed E-state index contributed by atoms with van der Waals surface area (Å²) in [5, 5.41) is 3.14.